The standard InChI is InChI=1S/C21H28O4/c1-20-8-7-13(23)9-12(20)3-4-14-15-5-6-16(18(24)11-22)21(15,2)19(25)10-17(14)20/h3-4,9,14-18,22,24H,5-8,10-11H2,1-2H3/t14?,15?,16?,17?,18?,20-,21-/m0/s1. The molecule has 0 aromatic rings. The van der Waals surface area contributed by atoms with E-state index in [1.165, 1.54) is 0 Å². The van der Waals surface area contributed by atoms with Crippen LogP contribution in [0.1, 0.15) is 46.0 Å². The van der Waals surface area contributed by atoms with Crippen LogP contribution in [0.15, 0.2) is 23.8 Å². The van der Waals surface area contributed by atoms with Gasteiger partial charge in [0.05, 0.1) is 12.7 Å². The van der Waals surface area contributed by atoms with Gasteiger partial charge in [0.1, 0.15) is 5.78 Å². The van der Waals surface area contributed by atoms with E-state index in [9.17, 15) is 19.8 Å². The molecule has 0 spiro atoms. The fourth-order valence-electron chi connectivity index (χ4n) is 6.50. The molecule has 0 amide bonds. The van der Waals surface area contributed by atoms with Gasteiger partial charge in [0, 0.05) is 18.3 Å². The highest BCUT2D eigenvalue weighted by atomic mass is 16.3. The highest BCUT2D eigenvalue weighted by Gasteiger charge is 2.62. The average Bonchev–Trinajstić information content (AvgIpc) is 2.95. The molecule has 4 aliphatic rings. The Morgan fingerprint density at radius 2 is 2.00 bits per heavy atom. The van der Waals surface area contributed by atoms with Crippen LogP contribution in [0.3, 0.4) is 0 Å². The molecule has 7 atom stereocenters. The van der Waals surface area contributed by atoms with Gasteiger partial charge in [-0.25, -0.2) is 0 Å². The molecule has 4 aliphatic carbocycles. The topological polar surface area (TPSA) is 74.6 Å². The van der Waals surface area contributed by atoms with Crippen LogP contribution in [-0.2, 0) is 9.59 Å². The zero-order chi connectivity index (χ0) is 18.0. The SMILES string of the molecule is C[C@]12C(=O)CC3C(C=CC4=CC(=O)CC[C@@]43C)C1CCC2C(O)CO. The first kappa shape index (κ1) is 17.2. The number of carbonyl (C=O) groups is 2. The van der Waals surface area contributed by atoms with E-state index in [4.69, 9.17) is 0 Å². The number of rotatable bonds is 2. The number of hydrogen-bond donors (Lipinski definition) is 2. The monoisotopic (exact) mass is 344 g/mol. The second-order valence-corrected chi connectivity index (χ2v) is 8.98. The Hall–Kier alpha value is -1.26. The van der Waals surface area contributed by atoms with E-state index in [2.05, 4.69) is 19.1 Å². The molecule has 2 fully saturated rings. The molecular formula is C21H28O4. The lowest BCUT2D eigenvalue weighted by molar-refractivity contribution is -0.147. The third kappa shape index (κ3) is 2.20. The summed E-state index contributed by atoms with van der Waals surface area (Å²) in [4.78, 5) is 25.1. The van der Waals surface area contributed by atoms with E-state index >= 15 is 0 Å². The maximum atomic E-state index is 13.3. The highest BCUT2D eigenvalue weighted by Crippen LogP contribution is 2.64. The van der Waals surface area contributed by atoms with Gasteiger partial charge < -0.3 is 10.2 Å². The lowest BCUT2D eigenvalue weighted by atomic mass is 9.48. The Morgan fingerprint density at radius 1 is 1.24 bits per heavy atom. The molecule has 2 saturated carbocycles. The normalized spacial score (nSPS) is 47.0. The Labute approximate surface area is 149 Å². The lowest BCUT2D eigenvalue weighted by Crippen LogP contribution is -2.55. The van der Waals surface area contributed by atoms with Gasteiger partial charge in [-0.2, -0.15) is 0 Å². The molecule has 0 saturated heterocycles. The van der Waals surface area contributed by atoms with Crippen LogP contribution in [0.2, 0.25) is 0 Å². The quantitative estimate of drug-likeness (QED) is 0.807. The largest absolute Gasteiger partial charge is 0.394 e. The van der Waals surface area contributed by atoms with Crippen molar-refractivity contribution in [3.63, 3.8) is 0 Å². The molecule has 2 N–H and O–H groups in total. The van der Waals surface area contributed by atoms with Gasteiger partial charge in [0.25, 0.3) is 0 Å². The first-order valence-corrected chi connectivity index (χ1v) is 9.58. The van der Waals surface area contributed by atoms with E-state index in [1.807, 2.05) is 6.92 Å². The molecule has 0 aromatic heterocycles. The van der Waals surface area contributed by atoms with Crippen LogP contribution in [-0.4, -0.2) is 34.5 Å². The Balaban J connectivity index is 1.75. The summed E-state index contributed by atoms with van der Waals surface area (Å²) in [5, 5.41) is 19.7. The molecule has 0 aromatic carbocycles. The van der Waals surface area contributed by atoms with Crippen molar-refractivity contribution in [1.82, 2.24) is 0 Å². The third-order valence-electron chi connectivity index (χ3n) is 8.10. The molecule has 25 heavy (non-hydrogen) atoms. The molecule has 0 heterocycles. The number of allylic oxidation sites excluding steroid dienone is 4. The van der Waals surface area contributed by atoms with Crippen molar-refractivity contribution >= 4 is 11.6 Å². The van der Waals surface area contributed by atoms with Gasteiger partial charge in [-0.05, 0) is 60.0 Å². The molecule has 5 unspecified atom stereocenters. The zero-order valence-corrected chi connectivity index (χ0v) is 15.1. The predicted octanol–water partition coefficient (Wildman–Crippen LogP) is 2.44. The van der Waals surface area contributed by atoms with Crippen molar-refractivity contribution in [3.8, 4) is 0 Å². The number of Topliss-reactive ketones (excluding diaryl/α,β-unsaturated/α-hetero) is 1. The van der Waals surface area contributed by atoms with Gasteiger partial charge in [0.15, 0.2) is 5.78 Å². The number of aliphatic hydroxyl groups is 2. The Morgan fingerprint density at radius 3 is 2.72 bits per heavy atom. The second-order valence-electron chi connectivity index (χ2n) is 8.98. The number of hydrogen-bond acceptors (Lipinski definition) is 4. The van der Waals surface area contributed by atoms with E-state index in [-0.39, 0.29) is 41.3 Å². The Bertz CT molecular complexity index is 677. The van der Waals surface area contributed by atoms with E-state index in [1.54, 1.807) is 6.08 Å². The molecule has 4 heteroatoms. The van der Waals surface area contributed by atoms with E-state index < -0.39 is 11.5 Å². The zero-order valence-electron chi connectivity index (χ0n) is 15.1. The summed E-state index contributed by atoms with van der Waals surface area (Å²) in [6, 6.07) is 0. The smallest absolute Gasteiger partial charge is 0.156 e. The molecule has 0 bridgehead atoms. The third-order valence-corrected chi connectivity index (χ3v) is 8.10. The predicted molar refractivity (Wildman–Crippen MR) is 93.6 cm³/mol. The van der Waals surface area contributed by atoms with Crippen LogP contribution in [0.4, 0.5) is 0 Å². The minimum absolute atomic E-state index is 0.0992. The summed E-state index contributed by atoms with van der Waals surface area (Å²) in [6.07, 6.45) is 8.92. The molecule has 0 aliphatic heterocycles. The fourth-order valence-corrected chi connectivity index (χ4v) is 6.50. The molecule has 4 nitrogen and oxygen atoms in total. The van der Waals surface area contributed by atoms with Gasteiger partial charge in [-0.1, -0.05) is 26.0 Å². The second kappa shape index (κ2) is 5.62. The van der Waals surface area contributed by atoms with Crippen molar-refractivity contribution in [2.75, 3.05) is 6.61 Å². The van der Waals surface area contributed by atoms with Gasteiger partial charge >= 0.3 is 0 Å². The first-order chi connectivity index (χ1) is 11.8. The maximum Gasteiger partial charge on any atom is 0.156 e. The lowest BCUT2D eigenvalue weighted by Gasteiger charge is -2.55. The van der Waals surface area contributed by atoms with Gasteiger partial charge in [-0.3, -0.25) is 9.59 Å². The van der Waals surface area contributed by atoms with Crippen molar-refractivity contribution in [2.24, 2.45) is 34.5 Å². The summed E-state index contributed by atoms with van der Waals surface area (Å²) in [5.41, 5.74) is 0.444. The van der Waals surface area contributed by atoms with Gasteiger partial charge in [-0.15, -0.1) is 0 Å². The maximum absolute atomic E-state index is 13.3. The van der Waals surface area contributed by atoms with Crippen molar-refractivity contribution in [1.29, 1.82) is 0 Å². The van der Waals surface area contributed by atoms with Crippen LogP contribution < -0.4 is 0 Å². The summed E-state index contributed by atoms with van der Waals surface area (Å²) >= 11 is 0. The minimum atomic E-state index is -0.818. The fraction of sp³-hybridized carbons (Fsp3) is 0.714. The van der Waals surface area contributed by atoms with Crippen LogP contribution in [0, 0.1) is 34.5 Å². The molecule has 0 radical (unpaired) electrons. The summed E-state index contributed by atoms with van der Waals surface area (Å²) < 4.78 is 0. The number of fused-ring (bicyclic) bond motifs is 5. The number of ketones is 2. The van der Waals surface area contributed by atoms with E-state index in [0.29, 0.717) is 18.8 Å². The molecule has 136 valence electrons. The number of aliphatic hydroxyl groups excluding tert-OH is 2. The minimum Gasteiger partial charge on any atom is -0.394 e. The van der Waals surface area contributed by atoms with Crippen LogP contribution in [0.25, 0.3) is 0 Å². The molecule has 4 rings (SSSR count). The van der Waals surface area contributed by atoms with Crippen LogP contribution >= 0.6 is 0 Å². The summed E-state index contributed by atoms with van der Waals surface area (Å²) in [7, 11) is 0. The number of carbonyl (C=O) groups excluding carboxylic acids is 2. The Kier molecular flexibility index (Phi) is 3.86. The van der Waals surface area contributed by atoms with Crippen molar-refractivity contribution in [2.45, 2.75) is 52.1 Å². The van der Waals surface area contributed by atoms with Crippen LogP contribution in [0.5, 0.6) is 0 Å². The van der Waals surface area contributed by atoms with Crippen molar-refractivity contribution in [3.05, 3.63) is 23.8 Å². The summed E-state index contributed by atoms with van der Waals surface area (Å²) in [6.45, 7) is 3.95. The average molecular weight is 344 g/mol. The summed E-state index contributed by atoms with van der Waals surface area (Å²) in [5.74, 6) is 1.05. The first-order valence-electron chi connectivity index (χ1n) is 9.58. The van der Waals surface area contributed by atoms with Gasteiger partial charge in [0.2, 0.25) is 0 Å². The highest BCUT2D eigenvalue weighted by molar-refractivity contribution is 5.92. The van der Waals surface area contributed by atoms with Crippen molar-refractivity contribution < 1.29 is 19.8 Å². The van der Waals surface area contributed by atoms with E-state index in [0.717, 1.165) is 24.8 Å². The molecular weight excluding hydrogens is 316 g/mol.